The number of likely N-dealkylation sites (N-methyl/N-ethyl adjacent to an activating group) is 1. The van der Waals surface area contributed by atoms with Crippen LogP contribution in [0, 0.1) is 13.8 Å². The second-order valence-electron chi connectivity index (χ2n) is 9.90. The highest BCUT2D eigenvalue weighted by molar-refractivity contribution is 7.98. The summed E-state index contributed by atoms with van der Waals surface area (Å²) < 4.78 is 5.38. The molecule has 0 bridgehead atoms. The summed E-state index contributed by atoms with van der Waals surface area (Å²) in [5.41, 5.74) is 2.99. The van der Waals surface area contributed by atoms with Crippen molar-refractivity contribution in [2.45, 2.75) is 65.3 Å². The van der Waals surface area contributed by atoms with E-state index in [0.717, 1.165) is 22.3 Å². The number of rotatable bonds is 10. The Labute approximate surface area is 219 Å². The fourth-order valence-electron chi connectivity index (χ4n) is 3.86. The van der Waals surface area contributed by atoms with Crippen molar-refractivity contribution in [3.8, 4) is 0 Å². The Morgan fingerprint density at radius 2 is 1.72 bits per heavy atom. The third kappa shape index (κ3) is 8.90. The molecule has 2 atom stereocenters. The zero-order chi connectivity index (χ0) is 26.9. The Morgan fingerprint density at radius 1 is 1.06 bits per heavy atom. The second kappa shape index (κ2) is 13.3. The van der Waals surface area contributed by atoms with E-state index in [1.54, 1.807) is 39.6 Å². The van der Waals surface area contributed by atoms with Crippen molar-refractivity contribution in [2.75, 3.05) is 19.1 Å². The number of benzene rings is 2. The van der Waals surface area contributed by atoms with Crippen LogP contribution in [0.1, 0.15) is 55.5 Å². The Morgan fingerprint density at radius 3 is 2.31 bits per heavy atom. The highest BCUT2D eigenvalue weighted by Gasteiger charge is 2.34. The predicted molar refractivity (Wildman–Crippen MR) is 146 cm³/mol. The SMILES string of the molecule is CSCCC(NC(=O)OC(C)(C)C)C(=O)N(C)C(C(=O)NCc1ccccc1)c1ccc(C)cc1C. The number of thioether (sulfide) groups is 1. The van der Waals surface area contributed by atoms with Crippen LogP contribution in [0.15, 0.2) is 48.5 Å². The quantitative estimate of drug-likeness (QED) is 0.478. The minimum Gasteiger partial charge on any atom is -0.444 e. The van der Waals surface area contributed by atoms with E-state index in [1.807, 2.05) is 68.6 Å². The van der Waals surface area contributed by atoms with Gasteiger partial charge in [-0.2, -0.15) is 11.8 Å². The number of nitrogens with zero attached hydrogens (tertiary/aromatic N) is 1. The summed E-state index contributed by atoms with van der Waals surface area (Å²) in [5.74, 6) is 0.0198. The Bertz CT molecular complexity index is 1040. The van der Waals surface area contributed by atoms with Crippen molar-refractivity contribution in [1.82, 2.24) is 15.5 Å². The normalized spacial score (nSPS) is 12.9. The first-order valence-corrected chi connectivity index (χ1v) is 13.5. The molecule has 196 valence electrons. The van der Waals surface area contributed by atoms with Gasteiger partial charge in [0.1, 0.15) is 17.7 Å². The van der Waals surface area contributed by atoms with Gasteiger partial charge in [-0.05, 0) is 69.7 Å². The van der Waals surface area contributed by atoms with Crippen LogP contribution in [-0.2, 0) is 20.9 Å². The zero-order valence-corrected chi connectivity index (χ0v) is 23.2. The fourth-order valence-corrected chi connectivity index (χ4v) is 4.33. The number of ether oxygens (including phenoxy) is 1. The summed E-state index contributed by atoms with van der Waals surface area (Å²) in [4.78, 5) is 41.1. The molecule has 0 aliphatic heterocycles. The fraction of sp³-hybridized carbons (Fsp3) is 0.464. The molecule has 8 heteroatoms. The van der Waals surface area contributed by atoms with Crippen molar-refractivity contribution in [2.24, 2.45) is 0 Å². The van der Waals surface area contributed by atoms with E-state index in [1.165, 1.54) is 4.90 Å². The second-order valence-corrected chi connectivity index (χ2v) is 10.9. The largest absolute Gasteiger partial charge is 0.444 e. The van der Waals surface area contributed by atoms with Gasteiger partial charge in [-0.1, -0.05) is 54.1 Å². The van der Waals surface area contributed by atoms with Gasteiger partial charge in [0.15, 0.2) is 0 Å². The molecule has 3 amide bonds. The van der Waals surface area contributed by atoms with E-state index in [0.29, 0.717) is 18.7 Å². The van der Waals surface area contributed by atoms with E-state index in [4.69, 9.17) is 4.74 Å². The Balaban J connectivity index is 2.34. The first-order valence-electron chi connectivity index (χ1n) is 12.1. The molecule has 7 nitrogen and oxygen atoms in total. The molecule has 0 saturated heterocycles. The Kier molecular flexibility index (Phi) is 10.8. The van der Waals surface area contributed by atoms with Crippen molar-refractivity contribution in [1.29, 1.82) is 0 Å². The van der Waals surface area contributed by atoms with Crippen LogP contribution in [0.5, 0.6) is 0 Å². The first-order chi connectivity index (χ1) is 16.9. The average molecular weight is 514 g/mol. The third-order valence-corrected chi connectivity index (χ3v) is 6.26. The van der Waals surface area contributed by atoms with Gasteiger partial charge in [-0.3, -0.25) is 9.59 Å². The molecule has 2 aromatic carbocycles. The van der Waals surface area contributed by atoms with E-state index in [-0.39, 0.29) is 11.8 Å². The lowest BCUT2D eigenvalue weighted by molar-refractivity contribution is -0.141. The monoisotopic (exact) mass is 513 g/mol. The molecule has 0 radical (unpaired) electrons. The van der Waals surface area contributed by atoms with E-state index < -0.39 is 23.8 Å². The molecule has 36 heavy (non-hydrogen) atoms. The third-order valence-electron chi connectivity index (χ3n) is 5.61. The minimum atomic E-state index is -0.862. The molecule has 0 heterocycles. The molecule has 0 fully saturated rings. The standard InChI is InChI=1S/C28H39N3O4S/c1-19-13-14-22(20(2)17-19)24(25(32)29-18-21-11-9-8-10-12-21)31(6)26(33)23(15-16-36-7)30-27(34)35-28(3,4)5/h8-14,17,23-24H,15-16,18H2,1-7H3,(H,29,32)(H,30,34). The number of amides is 3. The lowest BCUT2D eigenvalue weighted by Crippen LogP contribution is -2.52. The van der Waals surface area contributed by atoms with Gasteiger partial charge in [0.05, 0.1) is 0 Å². The number of hydrogen-bond donors (Lipinski definition) is 2. The van der Waals surface area contributed by atoms with Crippen LogP contribution in [0.25, 0.3) is 0 Å². The average Bonchev–Trinajstić information content (AvgIpc) is 2.80. The van der Waals surface area contributed by atoms with Crippen LogP contribution in [0.3, 0.4) is 0 Å². The molecule has 2 unspecified atom stereocenters. The van der Waals surface area contributed by atoms with Crippen LogP contribution >= 0.6 is 11.8 Å². The van der Waals surface area contributed by atoms with Gasteiger partial charge in [0, 0.05) is 13.6 Å². The number of alkyl carbamates (subject to hydrolysis) is 1. The molecular formula is C28H39N3O4S. The van der Waals surface area contributed by atoms with Crippen molar-refractivity contribution in [3.05, 3.63) is 70.8 Å². The maximum Gasteiger partial charge on any atom is 0.408 e. The topological polar surface area (TPSA) is 87.7 Å². The lowest BCUT2D eigenvalue weighted by atomic mass is 9.96. The number of nitrogens with one attached hydrogen (secondary N) is 2. The maximum absolute atomic E-state index is 13.7. The van der Waals surface area contributed by atoms with Gasteiger partial charge < -0.3 is 20.3 Å². The molecule has 0 aliphatic rings. The molecular weight excluding hydrogens is 474 g/mol. The molecule has 0 aromatic heterocycles. The van der Waals surface area contributed by atoms with Gasteiger partial charge in [-0.15, -0.1) is 0 Å². The van der Waals surface area contributed by atoms with E-state index in [2.05, 4.69) is 10.6 Å². The highest BCUT2D eigenvalue weighted by atomic mass is 32.2. The van der Waals surface area contributed by atoms with Crippen LogP contribution < -0.4 is 10.6 Å². The summed E-state index contributed by atoms with van der Waals surface area (Å²) >= 11 is 1.58. The Hall–Kier alpha value is -3.00. The van der Waals surface area contributed by atoms with Crippen molar-refractivity contribution in [3.63, 3.8) is 0 Å². The predicted octanol–water partition coefficient (Wildman–Crippen LogP) is 4.77. The molecule has 0 spiro atoms. The van der Waals surface area contributed by atoms with Crippen LogP contribution in [-0.4, -0.2) is 53.5 Å². The summed E-state index contributed by atoms with van der Waals surface area (Å²) in [6.45, 7) is 9.57. The van der Waals surface area contributed by atoms with Crippen molar-refractivity contribution >= 4 is 29.7 Å². The maximum atomic E-state index is 13.7. The van der Waals surface area contributed by atoms with Gasteiger partial charge >= 0.3 is 6.09 Å². The van der Waals surface area contributed by atoms with Gasteiger partial charge in [0.2, 0.25) is 11.8 Å². The number of hydrogen-bond acceptors (Lipinski definition) is 5. The summed E-state index contributed by atoms with van der Waals surface area (Å²) in [7, 11) is 1.61. The number of aryl methyl sites for hydroxylation is 2. The molecule has 2 aromatic rings. The first kappa shape index (κ1) is 29.2. The zero-order valence-electron chi connectivity index (χ0n) is 22.4. The summed E-state index contributed by atoms with van der Waals surface area (Å²) in [6, 6.07) is 13.7. The molecule has 0 saturated carbocycles. The van der Waals surface area contributed by atoms with E-state index >= 15 is 0 Å². The van der Waals surface area contributed by atoms with Crippen molar-refractivity contribution < 1.29 is 19.1 Å². The summed E-state index contributed by atoms with van der Waals surface area (Å²) in [6.07, 6.45) is 1.69. The smallest absolute Gasteiger partial charge is 0.408 e. The minimum absolute atomic E-state index is 0.289. The van der Waals surface area contributed by atoms with Crippen LogP contribution in [0.4, 0.5) is 4.79 Å². The number of carbonyl (C=O) groups excluding carboxylic acids is 3. The number of carbonyl (C=O) groups is 3. The highest BCUT2D eigenvalue weighted by Crippen LogP contribution is 2.26. The molecule has 2 N–H and O–H groups in total. The molecule has 2 rings (SSSR count). The van der Waals surface area contributed by atoms with Gasteiger partial charge in [-0.25, -0.2) is 4.79 Å². The van der Waals surface area contributed by atoms with Gasteiger partial charge in [0.25, 0.3) is 0 Å². The molecule has 0 aliphatic carbocycles. The lowest BCUT2D eigenvalue weighted by Gasteiger charge is -2.32. The van der Waals surface area contributed by atoms with Crippen LogP contribution in [0.2, 0.25) is 0 Å². The summed E-state index contributed by atoms with van der Waals surface area (Å²) in [5, 5.41) is 5.70. The van der Waals surface area contributed by atoms with E-state index in [9.17, 15) is 14.4 Å².